The average Bonchev–Trinajstić information content (AvgIpc) is 2.54. The molecule has 0 aliphatic rings. The van der Waals surface area contributed by atoms with Crippen LogP contribution in [0.3, 0.4) is 0 Å². The second kappa shape index (κ2) is 8.13. The Bertz CT molecular complexity index is 721. The van der Waals surface area contributed by atoms with E-state index in [0.717, 1.165) is 10.0 Å². The predicted octanol–water partition coefficient (Wildman–Crippen LogP) is 3.49. The van der Waals surface area contributed by atoms with Crippen LogP contribution < -0.4 is 5.32 Å². The lowest BCUT2D eigenvalue weighted by Gasteiger charge is -2.18. The summed E-state index contributed by atoms with van der Waals surface area (Å²) >= 11 is 9.30. The highest BCUT2D eigenvalue weighted by Crippen LogP contribution is 2.17. The summed E-state index contributed by atoms with van der Waals surface area (Å²) in [5, 5.41) is 3.09. The first-order valence-electron chi connectivity index (χ1n) is 6.98. The number of halogens is 2. The Hall–Kier alpha value is -1.85. The Morgan fingerprint density at radius 1 is 1.17 bits per heavy atom. The highest BCUT2D eigenvalue weighted by atomic mass is 79.9. The van der Waals surface area contributed by atoms with Gasteiger partial charge in [-0.3, -0.25) is 9.59 Å². The second-order valence-electron chi connectivity index (χ2n) is 5.03. The summed E-state index contributed by atoms with van der Waals surface area (Å²) in [6, 6.07) is 14.3. The second-order valence-corrected chi connectivity index (χ2v) is 6.33. The molecule has 0 aliphatic carbocycles. The Morgan fingerprint density at radius 3 is 2.61 bits per heavy atom. The standard InChI is InChI=1S/C17H16BrClN2O2/c1-21(11-13-5-2-3-8-15(13)18)16(22)10-20-17(23)12-6-4-7-14(19)9-12/h2-9H,10-11H2,1H3,(H,20,23). The van der Waals surface area contributed by atoms with Crippen LogP contribution in [0.5, 0.6) is 0 Å². The van der Waals surface area contributed by atoms with E-state index in [9.17, 15) is 9.59 Å². The van der Waals surface area contributed by atoms with Gasteiger partial charge in [0.2, 0.25) is 5.91 Å². The molecule has 2 aromatic rings. The van der Waals surface area contributed by atoms with Gasteiger partial charge in [-0.2, -0.15) is 0 Å². The molecule has 0 saturated heterocycles. The van der Waals surface area contributed by atoms with Crippen molar-refractivity contribution in [3.8, 4) is 0 Å². The summed E-state index contributed by atoms with van der Waals surface area (Å²) in [6.45, 7) is 0.402. The number of rotatable bonds is 5. The molecular formula is C17H16BrClN2O2. The van der Waals surface area contributed by atoms with E-state index in [1.807, 2.05) is 24.3 Å². The molecule has 6 heteroatoms. The van der Waals surface area contributed by atoms with E-state index >= 15 is 0 Å². The fourth-order valence-electron chi connectivity index (χ4n) is 1.99. The van der Waals surface area contributed by atoms with E-state index in [1.54, 1.807) is 36.2 Å². The molecule has 2 aromatic carbocycles. The molecule has 0 aliphatic heterocycles. The molecule has 2 rings (SSSR count). The molecule has 0 heterocycles. The maximum atomic E-state index is 12.1. The SMILES string of the molecule is CN(Cc1ccccc1Br)C(=O)CNC(=O)c1cccc(Cl)c1. The van der Waals surface area contributed by atoms with Gasteiger partial charge in [0.05, 0.1) is 6.54 Å². The molecule has 0 fully saturated rings. The lowest BCUT2D eigenvalue weighted by molar-refractivity contribution is -0.129. The first kappa shape index (κ1) is 17.5. The average molecular weight is 396 g/mol. The first-order chi connectivity index (χ1) is 11.0. The normalized spacial score (nSPS) is 10.2. The van der Waals surface area contributed by atoms with Gasteiger partial charge in [0.25, 0.3) is 5.91 Å². The van der Waals surface area contributed by atoms with Crippen molar-refractivity contribution in [2.45, 2.75) is 6.54 Å². The maximum Gasteiger partial charge on any atom is 0.251 e. The van der Waals surface area contributed by atoms with E-state index < -0.39 is 0 Å². The molecule has 0 saturated carbocycles. The first-order valence-corrected chi connectivity index (χ1v) is 8.15. The van der Waals surface area contributed by atoms with Crippen molar-refractivity contribution in [3.05, 3.63) is 69.2 Å². The number of benzene rings is 2. The molecule has 0 bridgehead atoms. The van der Waals surface area contributed by atoms with Crippen molar-refractivity contribution >= 4 is 39.3 Å². The number of amides is 2. The van der Waals surface area contributed by atoms with Gasteiger partial charge >= 0.3 is 0 Å². The Morgan fingerprint density at radius 2 is 1.91 bits per heavy atom. The van der Waals surface area contributed by atoms with Gasteiger partial charge in [0.15, 0.2) is 0 Å². The lowest BCUT2D eigenvalue weighted by atomic mass is 10.2. The van der Waals surface area contributed by atoms with Crippen LogP contribution >= 0.6 is 27.5 Å². The number of nitrogens with one attached hydrogen (secondary N) is 1. The summed E-state index contributed by atoms with van der Waals surface area (Å²) in [6.07, 6.45) is 0. The van der Waals surface area contributed by atoms with Gasteiger partial charge in [-0.05, 0) is 29.8 Å². The van der Waals surface area contributed by atoms with Crippen molar-refractivity contribution in [1.82, 2.24) is 10.2 Å². The summed E-state index contributed by atoms with van der Waals surface area (Å²) in [4.78, 5) is 25.7. The summed E-state index contributed by atoms with van der Waals surface area (Å²) in [5.74, 6) is -0.494. The molecule has 4 nitrogen and oxygen atoms in total. The van der Waals surface area contributed by atoms with E-state index in [2.05, 4.69) is 21.2 Å². The molecule has 2 amide bonds. The monoisotopic (exact) mass is 394 g/mol. The third-order valence-electron chi connectivity index (χ3n) is 3.28. The molecule has 0 unspecified atom stereocenters. The van der Waals surface area contributed by atoms with Crippen molar-refractivity contribution in [2.24, 2.45) is 0 Å². The highest BCUT2D eigenvalue weighted by molar-refractivity contribution is 9.10. The molecule has 0 aromatic heterocycles. The zero-order valence-corrected chi connectivity index (χ0v) is 14.9. The van der Waals surface area contributed by atoms with E-state index in [4.69, 9.17) is 11.6 Å². The number of carbonyl (C=O) groups excluding carboxylic acids is 2. The minimum absolute atomic E-state index is 0.0632. The Balaban J connectivity index is 1.89. The van der Waals surface area contributed by atoms with Crippen LogP contribution in [0.15, 0.2) is 53.0 Å². The molecule has 1 N–H and O–H groups in total. The van der Waals surface area contributed by atoms with Gasteiger partial charge in [0, 0.05) is 28.7 Å². The van der Waals surface area contributed by atoms with E-state index in [1.165, 1.54) is 0 Å². The summed E-state index contributed by atoms with van der Waals surface area (Å²) in [7, 11) is 1.70. The topological polar surface area (TPSA) is 49.4 Å². The number of likely N-dealkylation sites (N-methyl/N-ethyl adjacent to an activating group) is 1. The zero-order valence-electron chi connectivity index (χ0n) is 12.6. The largest absolute Gasteiger partial charge is 0.343 e. The van der Waals surface area contributed by atoms with Crippen molar-refractivity contribution < 1.29 is 9.59 Å². The number of carbonyl (C=O) groups is 2. The van der Waals surface area contributed by atoms with Gasteiger partial charge in [-0.25, -0.2) is 0 Å². The van der Waals surface area contributed by atoms with Crippen LogP contribution in [0.1, 0.15) is 15.9 Å². The highest BCUT2D eigenvalue weighted by Gasteiger charge is 2.13. The van der Waals surface area contributed by atoms with Crippen LogP contribution in [0, 0.1) is 0 Å². The van der Waals surface area contributed by atoms with Gasteiger partial charge in [0.1, 0.15) is 0 Å². The molecule has 0 radical (unpaired) electrons. The molecular weight excluding hydrogens is 380 g/mol. The maximum absolute atomic E-state index is 12.1. The van der Waals surface area contributed by atoms with Crippen molar-refractivity contribution in [2.75, 3.05) is 13.6 Å². The summed E-state index contributed by atoms with van der Waals surface area (Å²) in [5.41, 5.74) is 1.43. The molecule has 0 atom stereocenters. The predicted molar refractivity (Wildman–Crippen MR) is 94.4 cm³/mol. The fraction of sp³-hybridized carbons (Fsp3) is 0.176. The smallest absolute Gasteiger partial charge is 0.251 e. The third kappa shape index (κ3) is 5.08. The number of hydrogen-bond acceptors (Lipinski definition) is 2. The minimum atomic E-state index is -0.324. The Labute approximate surface area is 148 Å². The lowest BCUT2D eigenvalue weighted by Crippen LogP contribution is -2.37. The van der Waals surface area contributed by atoms with Crippen LogP contribution in [-0.4, -0.2) is 30.3 Å². The zero-order chi connectivity index (χ0) is 16.8. The summed E-state index contributed by atoms with van der Waals surface area (Å²) < 4.78 is 0.947. The molecule has 23 heavy (non-hydrogen) atoms. The fourth-order valence-corrected chi connectivity index (χ4v) is 2.59. The molecule has 120 valence electrons. The quantitative estimate of drug-likeness (QED) is 0.842. The van der Waals surface area contributed by atoms with Gasteiger partial charge < -0.3 is 10.2 Å². The Kier molecular flexibility index (Phi) is 6.19. The third-order valence-corrected chi connectivity index (χ3v) is 4.29. The van der Waals surface area contributed by atoms with Crippen molar-refractivity contribution in [1.29, 1.82) is 0 Å². The van der Waals surface area contributed by atoms with Crippen LogP contribution in [0.4, 0.5) is 0 Å². The minimum Gasteiger partial charge on any atom is -0.343 e. The van der Waals surface area contributed by atoms with Crippen molar-refractivity contribution in [3.63, 3.8) is 0 Å². The van der Waals surface area contributed by atoms with E-state index in [-0.39, 0.29) is 18.4 Å². The van der Waals surface area contributed by atoms with Crippen LogP contribution in [0.25, 0.3) is 0 Å². The van der Waals surface area contributed by atoms with E-state index in [0.29, 0.717) is 17.1 Å². The van der Waals surface area contributed by atoms with Crippen LogP contribution in [0.2, 0.25) is 5.02 Å². The van der Waals surface area contributed by atoms with Crippen LogP contribution in [-0.2, 0) is 11.3 Å². The molecule has 0 spiro atoms. The van der Waals surface area contributed by atoms with Gasteiger partial charge in [-0.15, -0.1) is 0 Å². The number of nitrogens with zero attached hydrogens (tertiary/aromatic N) is 1. The van der Waals surface area contributed by atoms with Gasteiger partial charge in [-0.1, -0.05) is 51.8 Å². The number of hydrogen-bond donors (Lipinski definition) is 1.